The first-order valence-corrected chi connectivity index (χ1v) is 9.38. The van der Waals surface area contributed by atoms with Crippen LogP contribution in [0.1, 0.15) is 25.3 Å². The molecule has 5 nitrogen and oxygen atoms in total. The molecule has 1 atom stereocenters. The van der Waals surface area contributed by atoms with Gasteiger partial charge in [0.2, 0.25) is 5.91 Å². The fraction of sp³-hybridized carbons (Fsp3) is 0.611. The van der Waals surface area contributed by atoms with Gasteiger partial charge in [0.1, 0.15) is 0 Å². The number of benzene rings is 1. The standard InChI is InChI=1S/C18H25BrN2O3/c1-12-3-4-16(15(19)11-12)20-17(22)13(2)21-7-5-14(6-8-21)18-23-9-10-24-18/h3-4,11,13-14,18H,5-10H2,1-2H3,(H,20,22). The molecule has 1 amide bonds. The van der Waals surface area contributed by atoms with Crippen LogP contribution in [0.3, 0.4) is 0 Å². The highest BCUT2D eigenvalue weighted by atomic mass is 79.9. The lowest BCUT2D eigenvalue weighted by atomic mass is 9.95. The topological polar surface area (TPSA) is 50.8 Å². The van der Waals surface area contributed by atoms with Crippen LogP contribution in [0.5, 0.6) is 0 Å². The maximum atomic E-state index is 12.6. The Morgan fingerprint density at radius 2 is 1.96 bits per heavy atom. The van der Waals surface area contributed by atoms with Gasteiger partial charge < -0.3 is 14.8 Å². The van der Waals surface area contributed by atoms with Crippen molar-refractivity contribution in [3.05, 3.63) is 28.2 Å². The van der Waals surface area contributed by atoms with Crippen LogP contribution in [0.15, 0.2) is 22.7 Å². The van der Waals surface area contributed by atoms with E-state index in [-0.39, 0.29) is 18.2 Å². The number of piperidine rings is 1. The second-order valence-electron chi connectivity index (χ2n) is 6.63. The van der Waals surface area contributed by atoms with Crippen molar-refractivity contribution in [3.8, 4) is 0 Å². The van der Waals surface area contributed by atoms with Gasteiger partial charge in [0.05, 0.1) is 24.9 Å². The Bertz CT molecular complexity index is 582. The van der Waals surface area contributed by atoms with Gasteiger partial charge in [-0.25, -0.2) is 0 Å². The first-order valence-electron chi connectivity index (χ1n) is 8.59. The van der Waals surface area contributed by atoms with Crippen LogP contribution >= 0.6 is 15.9 Å². The van der Waals surface area contributed by atoms with E-state index in [0.29, 0.717) is 19.1 Å². The van der Waals surface area contributed by atoms with Crippen molar-refractivity contribution in [3.63, 3.8) is 0 Å². The summed E-state index contributed by atoms with van der Waals surface area (Å²) >= 11 is 3.51. The van der Waals surface area contributed by atoms with Crippen LogP contribution in [-0.2, 0) is 14.3 Å². The third-order valence-electron chi connectivity index (χ3n) is 4.92. The maximum Gasteiger partial charge on any atom is 0.241 e. The zero-order valence-electron chi connectivity index (χ0n) is 14.3. The van der Waals surface area contributed by atoms with Gasteiger partial charge in [0.15, 0.2) is 6.29 Å². The van der Waals surface area contributed by atoms with Crippen LogP contribution in [0.25, 0.3) is 0 Å². The van der Waals surface area contributed by atoms with Crippen LogP contribution in [0.4, 0.5) is 5.69 Å². The lowest BCUT2D eigenvalue weighted by Crippen LogP contribution is -2.47. The first-order chi connectivity index (χ1) is 11.5. The molecule has 1 N–H and O–H groups in total. The Kier molecular flexibility index (Phi) is 5.92. The summed E-state index contributed by atoms with van der Waals surface area (Å²) in [6.07, 6.45) is 1.98. The predicted octanol–water partition coefficient (Wildman–Crippen LogP) is 3.17. The van der Waals surface area contributed by atoms with Gasteiger partial charge in [-0.3, -0.25) is 9.69 Å². The van der Waals surface area contributed by atoms with E-state index in [1.54, 1.807) is 0 Å². The molecule has 0 saturated carbocycles. The number of anilines is 1. The van der Waals surface area contributed by atoms with Crippen LogP contribution < -0.4 is 5.32 Å². The number of ether oxygens (including phenoxy) is 2. The van der Waals surface area contributed by atoms with Crippen LogP contribution in [-0.4, -0.2) is 49.4 Å². The van der Waals surface area contributed by atoms with E-state index in [1.165, 1.54) is 0 Å². The van der Waals surface area contributed by atoms with E-state index in [9.17, 15) is 4.79 Å². The van der Waals surface area contributed by atoms with Gasteiger partial charge >= 0.3 is 0 Å². The highest BCUT2D eigenvalue weighted by Gasteiger charge is 2.33. The fourth-order valence-electron chi connectivity index (χ4n) is 3.35. The summed E-state index contributed by atoms with van der Waals surface area (Å²) in [5.41, 5.74) is 1.98. The predicted molar refractivity (Wildman–Crippen MR) is 97.0 cm³/mol. The normalized spacial score (nSPS) is 21.8. The number of aryl methyl sites for hydroxylation is 1. The Labute approximate surface area is 151 Å². The number of amides is 1. The van der Waals surface area contributed by atoms with Crippen molar-refractivity contribution in [1.82, 2.24) is 4.90 Å². The third kappa shape index (κ3) is 4.17. The number of carbonyl (C=O) groups is 1. The number of carbonyl (C=O) groups excluding carboxylic acids is 1. The monoisotopic (exact) mass is 396 g/mol. The van der Waals surface area contributed by atoms with Crippen LogP contribution in [0.2, 0.25) is 0 Å². The largest absolute Gasteiger partial charge is 0.350 e. The lowest BCUT2D eigenvalue weighted by Gasteiger charge is -2.36. The highest BCUT2D eigenvalue weighted by molar-refractivity contribution is 9.10. The molecular formula is C18H25BrN2O3. The summed E-state index contributed by atoms with van der Waals surface area (Å²) in [6, 6.07) is 5.79. The summed E-state index contributed by atoms with van der Waals surface area (Å²) in [4.78, 5) is 14.8. The van der Waals surface area contributed by atoms with Gasteiger partial charge in [0, 0.05) is 10.4 Å². The molecule has 0 aliphatic carbocycles. The van der Waals surface area contributed by atoms with Gasteiger partial charge in [-0.1, -0.05) is 6.07 Å². The van der Waals surface area contributed by atoms with Gasteiger partial charge in [-0.05, 0) is 73.4 Å². The molecule has 2 aliphatic rings. The third-order valence-corrected chi connectivity index (χ3v) is 5.57. The number of hydrogen-bond donors (Lipinski definition) is 1. The smallest absolute Gasteiger partial charge is 0.241 e. The SMILES string of the molecule is Cc1ccc(NC(=O)C(C)N2CCC(C3OCCO3)CC2)c(Br)c1. The molecule has 1 aromatic carbocycles. The van der Waals surface area contributed by atoms with Crippen LogP contribution in [0, 0.1) is 12.8 Å². The van der Waals surface area contributed by atoms with E-state index in [0.717, 1.165) is 41.7 Å². The number of rotatable bonds is 4. The average Bonchev–Trinajstić information content (AvgIpc) is 3.11. The first kappa shape index (κ1) is 17.9. The van der Waals surface area contributed by atoms with E-state index >= 15 is 0 Å². The summed E-state index contributed by atoms with van der Waals surface area (Å²) in [6.45, 7) is 7.21. The highest BCUT2D eigenvalue weighted by Crippen LogP contribution is 2.27. The zero-order valence-corrected chi connectivity index (χ0v) is 15.8. The number of likely N-dealkylation sites (tertiary alicyclic amines) is 1. The Morgan fingerprint density at radius 1 is 1.29 bits per heavy atom. The molecule has 1 unspecified atom stereocenters. The zero-order chi connectivity index (χ0) is 17.1. The minimum atomic E-state index is -0.149. The molecule has 3 rings (SSSR count). The van der Waals surface area contributed by atoms with E-state index in [1.807, 2.05) is 32.0 Å². The van der Waals surface area contributed by atoms with Crippen molar-refractivity contribution in [2.24, 2.45) is 5.92 Å². The number of halogens is 1. The maximum absolute atomic E-state index is 12.6. The molecule has 0 spiro atoms. The molecule has 2 fully saturated rings. The number of hydrogen-bond acceptors (Lipinski definition) is 4. The summed E-state index contributed by atoms with van der Waals surface area (Å²) < 4.78 is 12.1. The van der Waals surface area contributed by atoms with Crippen molar-refractivity contribution in [1.29, 1.82) is 0 Å². The molecular weight excluding hydrogens is 372 g/mol. The van der Waals surface area contributed by atoms with E-state index in [4.69, 9.17) is 9.47 Å². The minimum absolute atomic E-state index is 0.0337. The summed E-state index contributed by atoms with van der Waals surface area (Å²) in [5.74, 6) is 0.483. The molecule has 0 aromatic heterocycles. The second-order valence-corrected chi connectivity index (χ2v) is 7.49. The Balaban J connectivity index is 1.52. The molecule has 2 heterocycles. The van der Waals surface area contributed by atoms with Crippen molar-refractivity contribution >= 4 is 27.5 Å². The summed E-state index contributed by atoms with van der Waals surface area (Å²) in [5, 5.41) is 3.02. The molecule has 0 bridgehead atoms. The number of nitrogens with one attached hydrogen (secondary N) is 1. The van der Waals surface area contributed by atoms with E-state index < -0.39 is 0 Å². The molecule has 6 heteroatoms. The molecule has 132 valence electrons. The molecule has 2 saturated heterocycles. The van der Waals surface area contributed by atoms with Gasteiger partial charge in [-0.2, -0.15) is 0 Å². The second kappa shape index (κ2) is 7.95. The molecule has 0 radical (unpaired) electrons. The fourth-order valence-corrected chi connectivity index (χ4v) is 3.94. The van der Waals surface area contributed by atoms with E-state index in [2.05, 4.69) is 26.1 Å². The minimum Gasteiger partial charge on any atom is -0.350 e. The Hall–Kier alpha value is -0.950. The van der Waals surface area contributed by atoms with Gasteiger partial charge in [0.25, 0.3) is 0 Å². The number of nitrogens with zero attached hydrogens (tertiary/aromatic N) is 1. The average molecular weight is 397 g/mol. The molecule has 2 aliphatic heterocycles. The quantitative estimate of drug-likeness (QED) is 0.848. The van der Waals surface area contributed by atoms with Crippen molar-refractivity contribution < 1.29 is 14.3 Å². The van der Waals surface area contributed by atoms with Crippen molar-refractivity contribution in [2.45, 2.75) is 39.0 Å². The Morgan fingerprint density at radius 3 is 2.58 bits per heavy atom. The lowest BCUT2D eigenvalue weighted by molar-refractivity contribution is -0.123. The molecule has 1 aromatic rings. The summed E-state index contributed by atoms with van der Waals surface area (Å²) in [7, 11) is 0. The molecule has 24 heavy (non-hydrogen) atoms. The van der Waals surface area contributed by atoms with Gasteiger partial charge in [-0.15, -0.1) is 0 Å². The van der Waals surface area contributed by atoms with Crippen molar-refractivity contribution in [2.75, 3.05) is 31.6 Å².